The first-order chi connectivity index (χ1) is 17.5. The van der Waals surface area contributed by atoms with Crippen LogP contribution in [0.2, 0.25) is 0 Å². The molecular weight excluding hydrogens is 476 g/mol. The van der Waals surface area contributed by atoms with E-state index in [-0.39, 0.29) is 41.1 Å². The first kappa shape index (κ1) is 25.5. The second-order valence-electron chi connectivity index (χ2n) is 11.9. The fourth-order valence-corrected chi connectivity index (χ4v) is 5.89. The predicted molar refractivity (Wildman–Crippen MR) is 132 cm³/mol. The number of rotatable bonds is 6. The van der Waals surface area contributed by atoms with Crippen molar-refractivity contribution in [3.8, 4) is 0 Å². The lowest BCUT2D eigenvalue weighted by Crippen LogP contribution is -2.54. The number of ether oxygens (including phenoxy) is 1. The van der Waals surface area contributed by atoms with E-state index < -0.39 is 23.5 Å². The van der Waals surface area contributed by atoms with Crippen molar-refractivity contribution in [1.29, 1.82) is 0 Å². The van der Waals surface area contributed by atoms with Crippen LogP contribution in [0.3, 0.4) is 0 Å². The third kappa shape index (κ3) is 5.44. The number of carbonyl (C=O) groups is 4. The van der Waals surface area contributed by atoms with E-state index in [0.29, 0.717) is 32.3 Å². The Hall–Kier alpha value is -3.14. The minimum absolute atomic E-state index is 0.00302. The molecule has 1 aromatic carbocycles. The summed E-state index contributed by atoms with van der Waals surface area (Å²) >= 11 is 0. The van der Waals surface area contributed by atoms with Crippen LogP contribution in [0.5, 0.6) is 0 Å². The number of hydroxylamine groups is 2. The summed E-state index contributed by atoms with van der Waals surface area (Å²) < 4.78 is 5.24. The van der Waals surface area contributed by atoms with E-state index in [0.717, 1.165) is 18.4 Å². The standard InChI is InChI=1S/C27H36N4O6/c1-26(2,3)37-25(35)28-18-11-17(12-18)22(32)29-30-23(33)20-14-27(9-10-27)21-13-19(20)24(34)31(21)36-15-16-7-5-4-6-8-16/h4-8,17-21H,9-15H2,1-3H3,(H,28,35)(H,29,32)(H,30,33)/t17-,18-,19?,20-,21?/m1/s1. The summed E-state index contributed by atoms with van der Waals surface area (Å²) in [5, 5.41) is 4.29. The Morgan fingerprint density at radius 2 is 1.70 bits per heavy atom. The molecule has 3 aliphatic carbocycles. The zero-order valence-electron chi connectivity index (χ0n) is 21.6. The molecule has 4 aliphatic rings. The highest BCUT2D eigenvalue weighted by molar-refractivity contribution is 5.91. The van der Waals surface area contributed by atoms with Crippen LogP contribution in [0.25, 0.3) is 0 Å². The van der Waals surface area contributed by atoms with E-state index in [1.807, 2.05) is 30.3 Å². The third-order valence-corrected chi connectivity index (χ3v) is 8.09. The molecule has 1 aromatic rings. The summed E-state index contributed by atoms with van der Waals surface area (Å²) in [5.41, 5.74) is 5.42. The minimum Gasteiger partial charge on any atom is -0.444 e. The molecule has 2 bridgehead atoms. The van der Waals surface area contributed by atoms with Gasteiger partial charge in [0.15, 0.2) is 0 Å². The number of hydrazine groups is 1. The van der Waals surface area contributed by atoms with E-state index in [2.05, 4.69) is 16.2 Å². The molecule has 4 fully saturated rings. The molecule has 2 unspecified atom stereocenters. The Morgan fingerprint density at radius 3 is 2.35 bits per heavy atom. The van der Waals surface area contributed by atoms with Crippen LogP contribution >= 0.6 is 0 Å². The van der Waals surface area contributed by atoms with Crippen molar-refractivity contribution in [2.75, 3.05) is 0 Å². The molecule has 1 spiro atoms. The molecule has 1 saturated heterocycles. The summed E-state index contributed by atoms with van der Waals surface area (Å²) in [5.74, 6) is -2.03. The monoisotopic (exact) mass is 512 g/mol. The number of hydrogen-bond acceptors (Lipinski definition) is 6. The largest absolute Gasteiger partial charge is 0.444 e. The molecule has 1 heterocycles. The Morgan fingerprint density at radius 1 is 1.03 bits per heavy atom. The number of nitrogens with zero attached hydrogens (tertiary/aromatic N) is 1. The molecule has 1 aliphatic heterocycles. The van der Waals surface area contributed by atoms with Crippen LogP contribution in [0.4, 0.5) is 4.79 Å². The molecule has 3 atom stereocenters. The van der Waals surface area contributed by atoms with E-state index in [1.165, 1.54) is 5.06 Å². The van der Waals surface area contributed by atoms with Gasteiger partial charge >= 0.3 is 6.09 Å². The maximum Gasteiger partial charge on any atom is 0.407 e. The number of nitrogens with one attached hydrogen (secondary N) is 3. The molecule has 5 rings (SSSR count). The fourth-order valence-electron chi connectivity index (χ4n) is 5.89. The normalized spacial score (nSPS) is 29.3. The zero-order valence-corrected chi connectivity index (χ0v) is 21.6. The topological polar surface area (TPSA) is 126 Å². The highest BCUT2D eigenvalue weighted by atomic mass is 16.7. The summed E-state index contributed by atoms with van der Waals surface area (Å²) in [6, 6.07) is 9.57. The number of benzene rings is 1. The van der Waals surface area contributed by atoms with Gasteiger partial charge < -0.3 is 10.1 Å². The molecule has 4 amide bonds. The summed E-state index contributed by atoms with van der Waals surface area (Å²) in [4.78, 5) is 56.7. The Kier molecular flexibility index (Phi) is 6.64. The van der Waals surface area contributed by atoms with Gasteiger partial charge in [0.2, 0.25) is 17.7 Å². The Balaban J connectivity index is 1.10. The average molecular weight is 513 g/mol. The first-order valence-electron chi connectivity index (χ1n) is 13.1. The second-order valence-corrected chi connectivity index (χ2v) is 11.9. The lowest BCUT2D eigenvalue weighted by atomic mass is 9.72. The van der Waals surface area contributed by atoms with Gasteiger partial charge in [-0.15, -0.1) is 0 Å². The smallest absolute Gasteiger partial charge is 0.407 e. The summed E-state index contributed by atoms with van der Waals surface area (Å²) in [6.07, 6.45) is 3.60. The molecule has 0 radical (unpaired) electrons. The van der Waals surface area contributed by atoms with E-state index >= 15 is 0 Å². The van der Waals surface area contributed by atoms with E-state index in [4.69, 9.17) is 9.57 Å². The summed E-state index contributed by atoms with van der Waals surface area (Å²) in [7, 11) is 0. The molecular formula is C27H36N4O6. The third-order valence-electron chi connectivity index (χ3n) is 8.09. The number of carbonyl (C=O) groups excluding carboxylic acids is 4. The highest BCUT2D eigenvalue weighted by Crippen LogP contribution is 2.63. The highest BCUT2D eigenvalue weighted by Gasteiger charge is 2.65. The predicted octanol–water partition coefficient (Wildman–Crippen LogP) is 2.59. The van der Waals surface area contributed by atoms with E-state index in [1.54, 1.807) is 20.8 Å². The average Bonchev–Trinajstić information content (AvgIpc) is 3.53. The van der Waals surface area contributed by atoms with Gasteiger partial charge in [-0.1, -0.05) is 30.3 Å². The van der Waals surface area contributed by atoms with Crippen molar-refractivity contribution >= 4 is 23.8 Å². The second kappa shape index (κ2) is 9.63. The minimum atomic E-state index is -0.585. The van der Waals surface area contributed by atoms with Crippen molar-refractivity contribution in [3.63, 3.8) is 0 Å². The maximum absolute atomic E-state index is 13.2. The van der Waals surface area contributed by atoms with Crippen LogP contribution in [0, 0.1) is 23.2 Å². The van der Waals surface area contributed by atoms with Crippen molar-refractivity contribution in [3.05, 3.63) is 35.9 Å². The van der Waals surface area contributed by atoms with Crippen molar-refractivity contribution in [1.82, 2.24) is 21.2 Å². The molecule has 3 saturated carbocycles. The lowest BCUT2D eigenvalue weighted by molar-refractivity contribution is -0.201. The van der Waals surface area contributed by atoms with Gasteiger partial charge in [0.05, 0.1) is 17.9 Å². The van der Waals surface area contributed by atoms with Crippen LogP contribution in [0.1, 0.15) is 64.9 Å². The van der Waals surface area contributed by atoms with Crippen molar-refractivity contribution in [2.24, 2.45) is 23.2 Å². The van der Waals surface area contributed by atoms with Gasteiger partial charge in [-0.25, -0.2) is 9.86 Å². The molecule has 3 N–H and O–H groups in total. The van der Waals surface area contributed by atoms with Crippen LogP contribution in [-0.4, -0.2) is 46.6 Å². The molecule has 200 valence electrons. The van der Waals surface area contributed by atoms with Crippen LogP contribution < -0.4 is 16.2 Å². The van der Waals surface area contributed by atoms with Gasteiger partial charge in [-0.3, -0.25) is 30.1 Å². The molecule has 37 heavy (non-hydrogen) atoms. The Bertz CT molecular complexity index is 1060. The van der Waals surface area contributed by atoms with Gasteiger partial charge in [0.25, 0.3) is 0 Å². The fraction of sp³-hybridized carbons (Fsp3) is 0.630. The van der Waals surface area contributed by atoms with Crippen LogP contribution in [0.15, 0.2) is 30.3 Å². The first-order valence-corrected chi connectivity index (χ1v) is 13.1. The van der Waals surface area contributed by atoms with E-state index in [9.17, 15) is 19.2 Å². The van der Waals surface area contributed by atoms with Gasteiger partial charge in [0, 0.05) is 12.0 Å². The van der Waals surface area contributed by atoms with Gasteiger partial charge in [0.1, 0.15) is 12.2 Å². The SMILES string of the molecule is CC(C)(C)OC(=O)N[C@H]1C[C@H](C(=O)NNC(=O)[C@@H]2CC3(CC3)C3CC2C(=O)N3OCc2ccccc2)C1. The van der Waals surface area contributed by atoms with Crippen LogP contribution in [-0.2, 0) is 30.6 Å². The van der Waals surface area contributed by atoms with Gasteiger partial charge in [-0.05, 0) is 70.3 Å². The lowest BCUT2D eigenvalue weighted by Gasteiger charge is -2.36. The number of alkyl carbamates (subject to hydrolysis) is 1. The number of amides is 4. The summed E-state index contributed by atoms with van der Waals surface area (Å²) in [6.45, 7) is 5.68. The quantitative estimate of drug-likeness (QED) is 0.503. The van der Waals surface area contributed by atoms with Crippen molar-refractivity contribution < 1.29 is 28.8 Å². The maximum atomic E-state index is 13.2. The number of hydrogen-bond donors (Lipinski definition) is 3. The van der Waals surface area contributed by atoms with Gasteiger partial charge in [-0.2, -0.15) is 0 Å². The number of fused-ring (bicyclic) bond motifs is 3. The molecule has 0 aromatic heterocycles. The molecule has 10 heteroatoms. The Labute approximate surface area is 216 Å². The zero-order chi connectivity index (χ0) is 26.4. The van der Waals surface area contributed by atoms with Crippen molar-refractivity contribution in [2.45, 2.75) is 83.6 Å². The molecule has 10 nitrogen and oxygen atoms in total.